The zero-order valence-electron chi connectivity index (χ0n) is 10.3. The number of carbonyl (C=O) groups is 1. The highest BCUT2D eigenvalue weighted by molar-refractivity contribution is 5.73. The molecule has 17 heavy (non-hydrogen) atoms. The molecular weight excluding hydrogens is 220 g/mol. The lowest BCUT2D eigenvalue weighted by molar-refractivity contribution is 0.242. The Morgan fingerprint density at radius 3 is 2.65 bits per heavy atom. The van der Waals surface area contributed by atoms with E-state index in [9.17, 15) is 9.59 Å². The first kappa shape index (κ1) is 13.1. The summed E-state index contributed by atoms with van der Waals surface area (Å²) in [6.45, 7) is 2.16. The van der Waals surface area contributed by atoms with Crippen molar-refractivity contribution in [1.29, 1.82) is 0 Å². The number of rotatable bonds is 4. The number of aromatic nitrogens is 1. The van der Waals surface area contributed by atoms with Crippen LogP contribution in [0.15, 0.2) is 10.9 Å². The number of carbonyl (C=O) groups excluding carboxylic acids is 1. The van der Waals surface area contributed by atoms with Gasteiger partial charge in [0.05, 0.1) is 12.1 Å². The molecule has 0 saturated heterocycles. The second-order valence-corrected chi connectivity index (χ2v) is 3.55. The number of anilines is 1. The number of nitrogens with one attached hydrogen (secondary N) is 4. The fraction of sp³-hybridized carbons (Fsp3) is 0.455. The van der Waals surface area contributed by atoms with Gasteiger partial charge in [-0.2, -0.15) is 0 Å². The number of amides is 2. The summed E-state index contributed by atoms with van der Waals surface area (Å²) >= 11 is 0. The highest BCUT2D eigenvalue weighted by Crippen LogP contribution is 2.08. The summed E-state index contributed by atoms with van der Waals surface area (Å²) in [5.74, 6) is 0.644. The molecule has 0 aliphatic rings. The Morgan fingerprint density at radius 1 is 1.41 bits per heavy atom. The number of hydrogen-bond donors (Lipinski definition) is 4. The summed E-state index contributed by atoms with van der Waals surface area (Å²) < 4.78 is 0. The van der Waals surface area contributed by atoms with Crippen LogP contribution in [0.4, 0.5) is 10.6 Å². The largest absolute Gasteiger partial charge is 0.374 e. The van der Waals surface area contributed by atoms with Crippen LogP contribution in [0.1, 0.15) is 18.2 Å². The Hall–Kier alpha value is -1.98. The van der Waals surface area contributed by atoms with Gasteiger partial charge in [0.2, 0.25) is 0 Å². The van der Waals surface area contributed by atoms with E-state index in [0.29, 0.717) is 11.4 Å². The number of aryl methyl sites for hydroxylation is 1. The first-order chi connectivity index (χ1) is 8.12. The van der Waals surface area contributed by atoms with Crippen molar-refractivity contribution in [3.63, 3.8) is 0 Å². The third kappa shape index (κ3) is 3.24. The Morgan fingerprint density at radius 2 is 2.12 bits per heavy atom. The molecule has 0 aliphatic carbocycles. The van der Waals surface area contributed by atoms with E-state index in [1.165, 1.54) is 7.05 Å². The Labute approximate surface area is 99.8 Å². The van der Waals surface area contributed by atoms with Crippen LogP contribution in [0.3, 0.4) is 0 Å². The maximum absolute atomic E-state index is 11.8. The van der Waals surface area contributed by atoms with Crippen molar-refractivity contribution in [2.45, 2.75) is 19.9 Å². The highest BCUT2D eigenvalue weighted by Gasteiger charge is 2.09. The number of H-pyrrole nitrogens is 1. The molecule has 6 nitrogen and oxygen atoms in total. The van der Waals surface area contributed by atoms with Crippen molar-refractivity contribution in [1.82, 2.24) is 15.6 Å². The molecule has 1 aromatic heterocycles. The average Bonchev–Trinajstić information content (AvgIpc) is 2.35. The predicted molar refractivity (Wildman–Crippen MR) is 67.3 cm³/mol. The molecule has 0 aromatic carbocycles. The van der Waals surface area contributed by atoms with Crippen LogP contribution in [0.25, 0.3) is 0 Å². The van der Waals surface area contributed by atoms with Crippen molar-refractivity contribution >= 4 is 11.8 Å². The summed E-state index contributed by atoms with van der Waals surface area (Å²) in [6, 6.07) is 1.24. The van der Waals surface area contributed by atoms with Crippen LogP contribution < -0.4 is 21.4 Å². The van der Waals surface area contributed by atoms with Gasteiger partial charge >= 0.3 is 6.03 Å². The number of pyridine rings is 1. The van der Waals surface area contributed by atoms with Gasteiger partial charge in [-0.1, -0.05) is 6.92 Å². The Balaban J connectivity index is 2.98. The van der Waals surface area contributed by atoms with E-state index in [0.717, 1.165) is 12.1 Å². The van der Waals surface area contributed by atoms with Gasteiger partial charge < -0.3 is 20.9 Å². The second-order valence-electron chi connectivity index (χ2n) is 3.55. The van der Waals surface area contributed by atoms with Gasteiger partial charge in [0.25, 0.3) is 0 Å². The molecule has 6 heteroatoms. The van der Waals surface area contributed by atoms with Gasteiger partial charge in [0.1, 0.15) is 5.82 Å². The van der Waals surface area contributed by atoms with Gasteiger partial charge in [-0.15, -0.1) is 0 Å². The molecular formula is C11H18N4O2. The van der Waals surface area contributed by atoms with E-state index in [2.05, 4.69) is 20.9 Å². The molecule has 0 atom stereocenters. The third-order valence-electron chi connectivity index (χ3n) is 2.47. The van der Waals surface area contributed by atoms with Gasteiger partial charge in [-0.25, -0.2) is 4.79 Å². The minimum atomic E-state index is -0.314. The summed E-state index contributed by atoms with van der Waals surface area (Å²) in [4.78, 5) is 26.0. The minimum absolute atomic E-state index is 0.0821. The SMILES string of the molecule is CCc1cc(=O)c(CNC(=O)NC)c(NC)[nH]1. The Bertz CT molecular complexity index is 453. The molecule has 0 fully saturated rings. The standard InChI is InChI=1S/C11H18N4O2/c1-4-7-5-9(16)8(10(12-2)15-7)6-14-11(17)13-3/h5H,4,6H2,1-3H3,(H2,12,15,16)(H2,13,14,17). The number of hydrogen-bond acceptors (Lipinski definition) is 3. The van der Waals surface area contributed by atoms with E-state index in [-0.39, 0.29) is 18.0 Å². The molecule has 1 heterocycles. The van der Waals surface area contributed by atoms with E-state index < -0.39 is 0 Å². The van der Waals surface area contributed by atoms with Crippen molar-refractivity contribution in [3.05, 3.63) is 27.5 Å². The molecule has 4 N–H and O–H groups in total. The smallest absolute Gasteiger partial charge is 0.314 e. The molecule has 1 rings (SSSR count). The lowest BCUT2D eigenvalue weighted by atomic mass is 10.2. The van der Waals surface area contributed by atoms with Crippen LogP contribution in [-0.4, -0.2) is 25.1 Å². The topological polar surface area (TPSA) is 86.0 Å². The summed E-state index contributed by atoms with van der Waals surface area (Å²) in [7, 11) is 3.26. The van der Waals surface area contributed by atoms with Crippen LogP contribution in [-0.2, 0) is 13.0 Å². The zero-order valence-corrected chi connectivity index (χ0v) is 10.3. The lowest BCUT2D eigenvalue weighted by Crippen LogP contribution is -2.34. The monoisotopic (exact) mass is 238 g/mol. The molecule has 0 aliphatic heterocycles. The normalized spacial score (nSPS) is 9.82. The van der Waals surface area contributed by atoms with Crippen LogP contribution in [0.2, 0.25) is 0 Å². The molecule has 0 radical (unpaired) electrons. The molecule has 0 unspecified atom stereocenters. The number of urea groups is 1. The van der Waals surface area contributed by atoms with Gasteiger partial charge in [-0.05, 0) is 6.42 Å². The van der Waals surface area contributed by atoms with Crippen LogP contribution >= 0.6 is 0 Å². The molecule has 0 spiro atoms. The lowest BCUT2D eigenvalue weighted by Gasteiger charge is -2.11. The molecule has 0 saturated carbocycles. The average molecular weight is 238 g/mol. The second kappa shape index (κ2) is 5.93. The molecule has 0 bridgehead atoms. The zero-order chi connectivity index (χ0) is 12.8. The first-order valence-corrected chi connectivity index (χ1v) is 5.50. The minimum Gasteiger partial charge on any atom is -0.374 e. The quantitative estimate of drug-likeness (QED) is 0.612. The molecule has 2 amide bonds. The highest BCUT2D eigenvalue weighted by atomic mass is 16.2. The van der Waals surface area contributed by atoms with Gasteiger partial charge in [-0.3, -0.25) is 4.79 Å². The summed E-state index contributed by atoms with van der Waals surface area (Å²) in [5, 5.41) is 7.95. The van der Waals surface area contributed by atoms with E-state index in [1.54, 1.807) is 13.1 Å². The van der Waals surface area contributed by atoms with Gasteiger partial charge in [0, 0.05) is 25.9 Å². The maximum Gasteiger partial charge on any atom is 0.314 e. The van der Waals surface area contributed by atoms with Crippen molar-refractivity contribution in [3.8, 4) is 0 Å². The third-order valence-corrected chi connectivity index (χ3v) is 2.47. The van der Waals surface area contributed by atoms with Crippen molar-refractivity contribution < 1.29 is 4.79 Å². The fourth-order valence-corrected chi connectivity index (χ4v) is 1.48. The Kier molecular flexibility index (Phi) is 4.56. The van der Waals surface area contributed by atoms with Gasteiger partial charge in [0.15, 0.2) is 5.43 Å². The molecule has 1 aromatic rings. The first-order valence-electron chi connectivity index (χ1n) is 5.50. The van der Waals surface area contributed by atoms with E-state index in [1.807, 2.05) is 6.92 Å². The predicted octanol–water partition coefficient (Wildman–Crippen LogP) is 0.408. The fourth-order valence-electron chi connectivity index (χ4n) is 1.48. The van der Waals surface area contributed by atoms with Crippen molar-refractivity contribution in [2.75, 3.05) is 19.4 Å². The van der Waals surface area contributed by atoms with Crippen LogP contribution in [0.5, 0.6) is 0 Å². The van der Waals surface area contributed by atoms with Crippen molar-refractivity contribution in [2.24, 2.45) is 0 Å². The maximum atomic E-state index is 11.8. The van der Waals surface area contributed by atoms with E-state index in [4.69, 9.17) is 0 Å². The molecule has 94 valence electrons. The van der Waals surface area contributed by atoms with Crippen LogP contribution in [0, 0.1) is 0 Å². The van der Waals surface area contributed by atoms with E-state index >= 15 is 0 Å². The summed E-state index contributed by atoms with van der Waals surface area (Å²) in [6.07, 6.45) is 0.757. The summed E-state index contributed by atoms with van der Waals surface area (Å²) in [5.41, 5.74) is 1.30. The number of aromatic amines is 1.